The summed E-state index contributed by atoms with van der Waals surface area (Å²) in [5.41, 5.74) is 0.521. The van der Waals surface area contributed by atoms with Crippen molar-refractivity contribution < 1.29 is 19.4 Å². The number of fused-ring (bicyclic) bond motifs is 1. The minimum absolute atomic E-state index is 0.0447. The molecule has 0 atom stereocenters. The van der Waals surface area contributed by atoms with Gasteiger partial charge in [-0.05, 0) is 6.07 Å². The van der Waals surface area contributed by atoms with Crippen molar-refractivity contribution in [3.05, 3.63) is 17.7 Å². The summed E-state index contributed by atoms with van der Waals surface area (Å²) in [4.78, 5) is 13.4. The van der Waals surface area contributed by atoms with E-state index < -0.39 is 0 Å². The van der Waals surface area contributed by atoms with Crippen molar-refractivity contribution in [3.8, 4) is 17.2 Å². The van der Waals surface area contributed by atoms with Crippen LogP contribution in [0.3, 0.4) is 0 Å². The first-order valence-corrected chi connectivity index (χ1v) is 4.96. The molecule has 1 N–H and O–H groups in total. The number of rotatable bonds is 2. The average molecular weight is 221 g/mol. The summed E-state index contributed by atoms with van der Waals surface area (Å²) in [7, 11) is 0. The number of nitrogens with zero attached hydrogens (tertiary/aromatic N) is 1. The second kappa shape index (κ2) is 4.68. The van der Waals surface area contributed by atoms with Crippen LogP contribution in [0, 0.1) is 0 Å². The van der Waals surface area contributed by atoms with Crippen molar-refractivity contribution >= 4 is 6.08 Å². The van der Waals surface area contributed by atoms with Gasteiger partial charge in [0, 0.05) is 18.1 Å². The standard InChI is InChI=1S/C11H11NO4/c13-7-12-6-8-4-10-11(5-9(8)14)16-3-1-2-15-10/h4-5,14H,1-3,6H2. The van der Waals surface area contributed by atoms with E-state index in [1.807, 2.05) is 0 Å². The van der Waals surface area contributed by atoms with E-state index in [1.165, 1.54) is 12.1 Å². The lowest BCUT2D eigenvalue weighted by atomic mass is 10.2. The van der Waals surface area contributed by atoms with E-state index in [1.54, 1.807) is 6.07 Å². The molecule has 5 heteroatoms. The number of ether oxygens (including phenoxy) is 2. The first-order chi connectivity index (χ1) is 7.81. The molecule has 1 aromatic rings. The number of hydrogen-bond donors (Lipinski definition) is 1. The van der Waals surface area contributed by atoms with Gasteiger partial charge in [0.05, 0.1) is 19.8 Å². The van der Waals surface area contributed by atoms with Crippen LogP contribution in [-0.4, -0.2) is 24.4 Å². The molecule has 16 heavy (non-hydrogen) atoms. The molecule has 0 radical (unpaired) electrons. The maximum atomic E-state index is 10.0. The smallest absolute Gasteiger partial charge is 0.235 e. The second-order valence-corrected chi connectivity index (χ2v) is 3.39. The molecule has 0 amide bonds. The highest BCUT2D eigenvalue weighted by Crippen LogP contribution is 2.36. The Hall–Kier alpha value is -2.00. The number of aromatic hydroxyl groups is 1. The van der Waals surface area contributed by atoms with Crippen molar-refractivity contribution in [2.75, 3.05) is 13.2 Å². The van der Waals surface area contributed by atoms with Gasteiger partial charge in [-0.3, -0.25) is 0 Å². The van der Waals surface area contributed by atoms with Crippen LogP contribution in [0.15, 0.2) is 17.1 Å². The normalized spacial score (nSPS) is 13.8. The Kier molecular flexibility index (Phi) is 3.08. The number of isocyanates is 1. The molecule has 0 fully saturated rings. The number of benzene rings is 1. The summed E-state index contributed by atoms with van der Waals surface area (Å²) < 4.78 is 10.8. The SMILES string of the molecule is O=C=NCc1cc2c(cc1O)OCCCO2. The lowest BCUT2D eigenvalue weighted by Gasteiger charge is -2.09. The molecule has 1 aliphatic heterocycles. The summed E-state index contributed by atoms with van der Waals surface area (Å²) in [5.74, 6) is 1.14. The van der Waals surface area contributed by atoms with Gasteiger partial charge < -0.3 is 14.6 Å². The largest absolute Gasteiger partial charge is 0.507 e. The van der Waals surface area contributed by atoms with Gasteiger partial charge in [-0.2, -0.15) is 0 Å². The van der Waals surface area contributed by atoms with E-state index in [4.69, 9.17) is 9.47 Å². The predicted octanol–water partition coefficient (Wildman–Crippen LogP) is 1.39. The van der Waals surface area contributed by atoms with Crippen molar-refractivity contribution in [2.24, 2.45) is 4.99 Å². The van der Waals surface area contributed by atoms with Gasteiger partial charge in [0.15, 0.2) is 11.5 Å². The summed E-state index contributed by atoms with van der Waals surface area (Å²) in [6.07, 6.45) is 2.23. The molecule has 0 spiro atoms. The van der Waals surface area contributed by atoms with Gasteiger partial charge in [0.25, 0.3) is 0 Å². The zero-order chi connectivity index (χ0) is 11.4. The lowest BCUT2D eigenvalue weighted by molar-refractivity contribution is 0.296. The Morgan fingerprint density at radius 2 is 2.00 bits per heavy atom. The molecule has 0 saturated heterocycles. The minimum Gasteiger partial charge on any atom is -0.507 e. The molecule has 84 valence electrons. The van der Waals surface area contributed by atoms with Gasteiger partial charge in [-0.25, -0.2) is 9.79 Å². The minimum atomic E-state index is 0.0447. The molecule has 1 aliphatic rings. The molecule has 0 saturated carbocycles. The third-order valence-corrected chi connectivity index (χ3v) is 2.26. The van der Waals surface area contributed by atoms with E-state index in [-0.39, 0.29) is 12.3 Å². The van der Waals surface area contributed by atoms with Crippen LogP contribution in [0.1, 0.15) is 12.0 Å². The Morgan fingerprint density at radius 3 is 2.69 bits per heavy atom. The number of phenolic OH excluding ortho intramolecular Hbond substituents is 1. The Bertz CT molecular complexity index is 438. The third-order valence-electron chi connectivity index (χ3n) is 2.26. The highest BCUT2D eigenvalue weighted by atomic mass is 16.5. The third kappa shape index (κ3) is 2.15. The quantitative estimate of drug-likeness (QED) is 0.605. The lowest BCUT2D eigenvalue weighted by Crippen LogP contribution is -1.97. The first-order valence-electron chi connectivity index (χ1n) is 4.96. The Morgan fingerprint density at radius 1 is 1.31 bits per heavy atom. The van der Waals surface area contributed by atoms with Crippen LogP contribution in [0.25, 0.3) is 0 Å². The van der Waals surface area contributed by atoms with Gasteiger partial charge in [-0.15, -0.1) is 0 Å². The van der Waals surface area contributed by atoms with Crippen molar-refractivity contribution in [1.82, 2.24) is 0 Å². The van der Waals surface area contributed by atoms with E-state index in [9.17, 15) is 9.90 Å². The monoisotopic (exact) mass is 221 g/mol. The zero-order valence-corrected chi connectivity index (χ0v) is 8.60. The van der Waals surface area contributed by atoms with Gasteiger partial charge >= 0.3 is 0 Å². The van der Waals surface area contributed by atoms with Crippen molar-refractivity contribution in [3.63, 3.8) is 0 Å². The highest BCUT2D eigenvalue weighted by molar-refractivity contribution is 5.50. The fraction of sp³-hybridized carbons (Fsp3) is 0.364. The van der Waals surface area contributed by atoms with Crippen molar-refractivity contribution in [2.45, 2.75) is 13.0 Å². The summed E-state index contributed by atoms with van der Waals surface area (Å²) in [5, 5.41) is 9.66. The second-order valence-electron chi connectivity index (χ2n) is 3.39. The molecule has 1 heterocycles. The van der Waals surface area contributed by atoms with E-state index in [2.05, 4.69) is 4.99 Å². The molecule has 2 rings (SSSR count). The molecule has 1 aromatic carbocycles. The van der Waals surface area contributed by atoms with Gasteiger partial charge in [0.2, 0.25) is 6.08 Å². The predicted molar refractivity (Wildman–Crippen MR) is 55.5 cm³/mol. The van der Waals surface area contributed by atoms with Crippen LogP contribution in [0.5, 0.6) is 17.2 Å². The summed E-state index contributed by atoms with van der Waals surface area (Å²) in [6, 6.07) is 3.12. The average Bonchev–Trinajstić information content (AvgIpc) is 2.50. The fourth-order valence-corrected chi connectivity index (χ4v) is 1.48. The maximum Gasteiger partial charge on any atom is 0.235 e. The van der Waals surface area contributed by atoms with E-state index in [0.29, 0.717) is 30.3 Å². The van der Waals surface area contributed by atoms with Crippen LogP contribution in [-0.2, 0) is 11.3 Å². The highest BCUT2D eigenvalue weighted by Gasteiger charge is 2.14. The fourth-order valence-electron chi connectivity index (χ4n) is 1.48. The number of phenols is 1. The number of hydrogen-bond acceptors (Lipinski definition) is 5. The van der Waals surface area contributed by atoms with E-state index >= 15 is 0 Å². The maximum absolute atomic E-state index is 10.0. The molecule has 0 bridgehead atoms. The molecular formula is C11H11NO4. The molecule has 5 nitrogen and oxygen atoms in total. The van der Waals surface area contributed by atoms with Crippen molar-refractivity contribution in [1.29, 1.82) is 0 Å². The van der Waals surface area contributed by atoms with Crippen LogP contribution < -0.4 is 9.47 Å². The Labute approximate surface area is 92.3 Å². The number of carbonyl (C=O) groups excluding carboxylic acids is 1. The summed E-state index contributed by atoms with van der Waals surface area (Å²) in [6.45, 7) is 1.23. The van der Waals surface area contributed by atoms with Crippen LogP contribution >= 0.6 is 0 Å². The first kappa shape index (κ1) is 10.5. The molecule has 0 aliphatic carbocycles. The van der Waals surface area contributed by atoms with Gasteiger partial charge in [-0.1, -0.05) is 0 Å². The van der Waals surface area contributed by atoms with Crippen LogP contribution in [0.2, 0.25) is 0 Å². The van der Waals surface area contributed by atoms with Crippen LogP contribution in [0.4, 0.5) is 0 Å². The molecule has 0 unspecified atom stereocenters. The number of aliphatic imine (C=N–C) groups is 1. The Balaban J connectivity index is 2.34. The van der Waals surface area contributed by atoms with Gasteiger partial charge in [0.1, 0.15) is 5.75 Å². The topological polar surface area (TPSA) is 68.1 Å². The summed E-state index contributed by atoms with van der Waals surface area (Å²) >= 11 is 0. The zero-order valence-electron chi connectivity index (χ0n) is 8.60. The molecular weight excluding hydrogens is 210 g/mol. The molecule has 0 aromatic heterocycles. The van der Waals surface area contributed by atoms with E-state index in [0.717, 1.165) is 6.42 Å².